The molecule has 0 saturated heterocycles. The Labute approximate surface area is 63.0 Å². The van der Waals surface area contributed by atoms with Gasteiger partial charge in [0.1, 0.15) is 0 Å². The molecular formula is C2HF3O5Re. The van der Waals surface area contributed by atoms with E-state index in [1.807, 2.05) is 0 Å². The zero-order valence-electron chi connectivity index (χ0n) is 4.59. The molecule has 0 unspecified atom stereocenters. The molecule has 0 bridgehead atoms. The summed E-state index contributed by atoms with van der Waals surface area (Å²) < 4.78 is 57.5. The minimum atomic E-state index is -5.08. The predicted molar refractivity (Wildman–Crippen MR) is 15.8 cm³/mol. The van der Waals surface area contributed by atoms with E-state index in [4.69, 9.17) is 20.3 Å². The molecule has 0 aliphatic carbocycles. The van der Waals surface area contributed by atoms with Crippen molar-refractivity contribution >= 4 is 5.97 Å². The van der Waals surface area contributed by atoms with Crippen LogP contribution in [0.5, 0.6) is 0 Å². The Morgan fingerprint density at radius 1 is 1.18 bits per heavy atom. The van der Waals surface area contributed by atoms with Crippen molar-refractivity contribution in [3.63, 3.8) is 0 Å². The number of alkyl halides is 3. The van der Waals surface area contributed by atoms with E-state index in [1.54, 1.807) is 0 Å². The van der Waals surface area contributed by atoms with Gasteiger partial charge in [-0.2, -0.15) is 13.2 Å². The fraction of sp³-hybridized carbons (Fsp3) is 0.500. The molecule has 5 nitrogen and oxygen atoms in total. The Morgan fingerprint density at radius 3 is 1.27 bits per heavy atom. The topological polar surface area (TPSA) is 88.5 Å². The van der Waals surface area contributed by atoms with Crippen LogP contribution < -0.4 is 0 Å². The number of carboxylic acids is 1. The molecule has 0 saturated carbocycles. The summed E-state index contributed by atoms with van der Waals surface area (Å²) in [5.41, 5.74) is 0. The number of aliphatic carboxylic acids is 1. The molecule has 11 heavy (non-hydrogen) atoms. The molecular weight excluding hydrogens is 347 g/mol. The van der Waals surface area contributed by atoms with Crippen molar-refractivity contribution in [2.75, 3.05) is 0 Å². The van der Waals surface area contributed by atoms with E-state index in [0.717, 1.165) is 0 Å². The summed E-state index contributed by atoms with van der Waals surface area (Å²) in [6.45, 7) is 0. The fourth-order valence-corrected chi connectivity index (χ4v) is 0. The third-order valence-corrected chi connectivity index (χ3v) is 0.243. The van der Waals surface area contributed by atoms with Gasteiger partial charge >= 0.3 is 39.2 Å². The molecule has 0 fully saturated rings. The summed E-state index contributed by atoms with van der Waals surface area (Å²) >= 11 is -4.21. The van der Waals surface area contributed by atoms with Crippen LogP contribution in [0.3, 0.4) is 0 Å². The van der Waals surface area contributed by atoms with Crippen molar-refractivity contribution in [2.45, 2.75) is 6.18 Å². The van der Waals surface area contributed by atoms with Crippen LogP contribution in [0.4, 0.5) is 13.2 Å². The van der Waals surface area contributed by atoms with E-state index in [1.165, 1.54) is 0 Å². The molecule has 0 aliphatic heterocycles. The van der Waals surface area contributed by atoms with Crippen molar-refractivity contribution in [1.29, 1.82) is 0 Å². The van der Waals surface area contributed by atoms with Crippen LogP contribution in [0.2, 0.25) is 0 Å². The van der Waals surface area contributed by atoms with E-state index < -0.39 is 28.8 Å². The number of carboxylic acid groups (broad SMARTS) is 1. The molecule has 0 heterocycles. The fourth-order valence-electron chi connectivity index (χ4n) is 0. The van der Waals surface area contributed by atoms with Crippen LogP contribution in [-0.4, -0.2) is 17.3 Å². The predicted octanol–water partition coefficient (Wildman–Crippen LogP) is 0.274. The SMILES string of the molecule is O=C(O)C(F)(F)F.[O]=[Re](=[O])=[O]. The van der Waals surface area contributed by atoms with Crippen molar-refractivity contribution < 1.29 is 50.1 Å². The van der Waals surface area contributed by atoms with E-state index >= 15 is 0 Å². The molecule has 0 spiro atoms. The van der Waals surface area contributed by atoms with Gasteiger partial charge < -0.3 is 5.11 Å². The second-order valence-corrected chi connectivity index (χ2v) is 2.35. The first-order chi connectivity index (χ1) is 4.68. The van der Waals surface area contributed by atoms with Crippen molar-refractivity contribution in [2.24, 2.45) is 0 Å². The zero-order valence-corrected chi connectivity index (χ0v) is 7.31. The summed E-state index contributed by atoms with van der Waals surface area (Å²) in [5, 5.41) is 7.12. The number of hydrogen-bond donors (Lipinski definition) is 1. The summed E-state index contributed by atoms with van der Waals surface area (Å²) in [6, 6.07) is 0. The monoisotopic (exact) mass is 349 g/mol. The maximum atomic E-state index is 10.6. The Kier molecular flexibility index (Phi) is 5.93. The van der Waals surface area contributed by atoms with Gasteiger partial charge in [0.2, 0.25) is 0 Å². The first-order valence-electron chi connectivity index (χ1n) is 1.71. The third kappa shape index (κ3) is 17.6. The first kappa shape index (κ1) is 13.0. The molecule has 0 aromatic heterocycles. The summed E-state index contributed by atoms with van der Waals surface area (Å²) in [4.78, 5) is 8.90. The van der Waals surface area contributed by atoms with Crippen LogP contribution >= 0.6 is 0 Å². The van der Waals surface area contributed by atoms with Crippen LogP contribution in [0.15, 0.2) is 0 Å². The molecule has 67 valence electrons. The number of halogens is 3. The molecule has 0 aromatic rings. The van der Waals surface area contributed by atoms with Gasteiger partial charge in [0.05, 0.1) is 0 Å². The van der Waals surface area contributed by atoms with Gasteiger partial charge in [-0.15, -0.1) is 0 Å². The molecule has 0 rings (SSSR count). The average molecular weight is 348 g/mol. The Hall–Kier alpha value is -0.678. The van der Waals surface area contributed by atoms with E-state index in [-0.39, 0.29) is 0 Å². The molecule has 0 atom stereocenters. The van der Waals surface area contributed by atoms with Gasteiger partial charge in [-0.1, -0.05) is 0 Å². The standard InChI is InChI=1S/C2HF3O2.3O.Re/c3-2(4,5)1(6)7;;;;/h(H,6,7);;;;. The van der Waals surface area contributed by atoms with Crippen molar-refractivity contribution in [1.82, 2.24) is 0 Å². The maximum absolute atomic E-state index is 10.6. The molecule has 1 N–H and O–H groups in total. The van der Waals surface area contributed by atoms with E-state index in [0.29, 0.717) is 0 Å². The quantitative estimate of drug-likeness (QED) is 0.679. The molecule has 0 aliphatic rings. The first-order valence-corrected chi connectivity index (χ1v) is 5.03. The van der Waals surface area contributed by atoms with Crippen molar-refractivity contribution in [3.05, 3.63) is 0 Å². The van der Waals surface area contributed by atoms with E-state index in [9.17, 15) is 13.2 Å². The van der Waals surface area contributed by atoms with Crippen LogP contribution in [-0.2, 0) is 31.8 Å². The Morgan fingerprint density at radius 2 is 1.27 bits per heavy atom. The second kappa shape index (κ2) is 5.04. The van der Waals surface area contributed by atoms with Crippen LogP contribution in [0.25, 0.3) is 0 Å². The normalized spacial score (nSPS) is 9.36. The van der Waals surface area contributed by atoms with Gasteiger partial charge in [-0.05, 0) is 0 Å². The van der Waals surface area contributed by atoms with Gasteiger partial charge in [-0.25, -0.2) is 4.79 Å². The van der Waals surface area contributed by atoms with Gasteiger partial charge in [0.15, 0.2) is 0 Å². The summed E-state index contributed by atoms with van der Waals surface area (Å²) in [7, 11) is 0. The molecule has 0 aromatic carbocycles. The van der Waals surface area contributed by atoms with Crippen molar-refractivity contribution in [3.8, 4) is 0 Å². The minimum absolute atomic E-state index is 2.76. The van der Waals surface area contributed by atoms with Crippen LogP contribution in [0, 0.1) is 0 Å². The Bertz CT molecular complexity index is 215. The number of hydrogen-bond acceptors (Lipinski definition) is 4. The zero-order chi connectivity index (χ0) is 9.65. The number of rotatable bonds is 0. The Balaban J connectivity index is 0. The average Bonchev–Trinajstić information content (AvgIpc) is 1.59. The summed E-state index contributed by atoms with van der Waals surface area (Å²) in [6.07, 6.45) is -5.08. The van der Waals surface area contributed by atoms with Crippen LogP contribution in [0.1, 0.15) is 0 Å². The molecule has 0 radical (unpaired) electrons. The van der Waals surface area contributed by atoms with E-state index in [2.05, 4.69) is 0 Å². The van der Waals surface area contributed by atoms with Gasteiger partial charge in [-0.3, -0.25) is 0 Å². The number of carbonyl (C=O) groups is 1. The third-order valence-electron chi connectivity index (χ3n) is 0.243. The summed E-state index contributed by atoms with van der Waals surface area (Å²) in [5.74, 6) is -2.76. The van der Waals surface area contributed by atoms with Gasteiger partial charge in [0.25, 0.3) is 0 Å². The second-order valence-electron chi connectivity index (χ2n) is 0.992. The molecule has 9 heteroatoms. The van der Waals surface area contributed by atoms with Gasteiger partial charge in [0, 0.05) is 0 Å². The molecule has 0 amide bonds.